The summed E-state index contributed by atoms with van der Waals surface area (Å²) in [4.78, 5) is 48.7. The maximum atomic E-state index is 12.9. The van der Waals surface area contributed by atoms with Gasteiger partial charge < -0.3 is 16.6 Å². The molecule has 7 heteroatoms. The summed E-state index contributed by atoms with van der Waals surface area (Å²) < 4.78 is 0. The molecule has 2 aromatic rings. The van der Waals surface area contributed by atoms with Crippen LogP contribution in [0.4, 0.5) is 11.4 Å². The Morgan fingerprint density at radius 2 is 1.62 bits per heavy atom. The highest BCUT2D eigenvalue weighted by Crippen LogP contribution is 2.33. The molecule has 0 heterocycles. The number of anilines is 2. The number of carboxylic acid groups (broad SMARTS) is 1. The number of benzene rings is 2. The number of Topliss-reactive ketones (excluding diaryl/α,β-unsaturated/α-hetero) is 2. The number of carbonyl (C=O) groups excluding carboxylic acids is 3. The van der Waals surface area contributed by atoms with Crippen LogP contribution in [0.1, 0.15) is 60.3 Å². The molecule has 1 aliphatic rings. The number of carbonyl (C=O) groups is 4. The molecule has 3 rings (SSSR count). The van der Waals surface area contributed by atoms with Crippen molar-refractivity contribution in [1.29, 1.82) is 0 Å². The smallest absolute Gasteiger partial charge is 0.337 e. The lowest BCUT2D eigenvalue weighted by Crippen LogP contribution is -2.27. The molecule has 0 amide bonds. The van der Waals surface area contributed by atoms with Crippen LogP contribution in [0.5, 0.6) is 0 Å². The van der Waals surface area contributed by atoms with E-state index in [1.165, 1.54) is 30.3 Å². The Hall–Kier alpha value is -3.48. The zero-order valence-electron chi connectivity index (χ0n) is 13.9. The van der Waals surface area contributed by atoms with Crippen molar-refractivity contribution < 1.29 is 24.3 Å². The van der Waals surface area contributed by atoms with Gasteiger partial charge in [0.05, 0.1) is 22.5 Å². The van der Waals surface area contributed by atoms with Crippen molar-refractivity contribution in [2.24, 2.45) is 5.92 Å². The van der Waals surface area contributed by atoms with Gasteiger partial charge >= 0.3 is 5.97 Å². The lowest BCUT2D eigenvalue weighted by molar-refractivity contribution is 0.0697. The van der Waals surface area contributed by atoms with E-state index < -0.39 is 17.7 Å². The van der Waals surface area contributed by atoms with E-state index in [2.05, 4.69) is 0 Å². The molecule has 7 nitrogen and oxygen atoms in total. The second-order valence-electron chi connectivity index (χ2n) is 6.24. The first kappa shape index (κ1) is 17.3. The predicted molar refractivity (Wildman–Crippen MR) is 94.5 cm³/mol. The van der Waals surface area contributed by atoms with E-state index in [1.807, 2.05) is 0 Å². The predicted octanol–water partition coefficient (Wildman–Crippen LogP) is 2.19. The van der Waals surface area contributed by atoms with Crippen LogP contribution in [0.2, 0.25) is 0 Å². The van der Waals surface area contributed by atoms with Crippen molar-refractivity contribution >= 4 is 34.7 Å². The number of nitrogen functional groups attached to an aromatic ring is 2. The first-order valence-corrected chi connectivity index (χ1v) is 7.90. The molecule has 26 heavy (non-hydrogen) atoms. The SMILES string of the molecule is CC1CC(=O)c2ccc(C(=O)c3cccc(C(=O)O)c3N)c(N)c2C1=O. The van der Waals surface area contributed by atoms with E-state index in [0.717, 1.165) is 0 Å². The molecule has 0 aliphatic heterocycles. The Kier molecular flexibility index (Phi) is 4.07. The van der Waals surface area contributed by atoms with Crippen LogP contribution in [0.15, 0.2) is 30.3 Å². The van der Waals surface area contributed by atoms with Crippen molar-refractivity contribution in [2.45, 2.75) is 13.3 Å². The third-order valence-corrected chi connectivity index (χ3v) is 4.56. The summed E-state index contributed by atoms with van der Waals surface area (Å²) in [5, 5.41) is 9.15. The van der Waals surface area contributed by atoms with Crippen LogP contribution in [-0.2, 0) is 0 Å². The fraction of sp³-hybridized carbons (Fsp3) is 0.158. The number of nitrogens with two attached hydrogens (primary N) is 2. The minimum Gasteiger partial charge on any atom is -0.478 e. The zero-order valence-corrected chi connectivity index (χ0v) is 13.9. The Labute approximate surface area is 148 Å². The second-order valence-corrected chi connectivity index (χ2v) is 6.24. The van der Waals surface area contributed by atoms with E-state index in [4.69, 9.17) is 16.6 Å². The Morgan fingerprint density at radius 3 is 2.27 bits per heavy atom. The average molecular weight is 352 g/mol. The number of hydrogen-bond donors (Lipinski definition) is 3. The highest BCUT2D eigenvalue weighted by molar-refractivity contribution is 6.23. The van der Waals surface area contributed by atoms with E-state index >= 15 is 0 Å². The minimum atomic E-state index is -1.26. The van der Waals surface area contributed by atoms with Crippen LogP contribution in [0, 0.1) is 5.92 Å². The van der Waals surface area contributed by atoms with E-state index in [9.17, 15) is 19.2 Å². The molecule has 1 aliphatic carbocycles. The number of aromatic carboxylic acids is 1. The average Bonchev–Trinajstić information content (AvgIpc) is 2.59. The topological polar surface area (TPSA) is 141 Å². The van der Waals surface area contributed by atoms with Gasteiger partial charge in [0.25, 0.3) is 0 Å². The summed E-state index contributed by atoms with van der Waals surface area (Å²) in [6.07, 6.45) is 0.103. The Morgan fingerprint density at radius 1 is 1.00 bits per heavy atom. The second kappa shape index (κ2) is 6.11. The Balaban J connectivity index is 2.17. The summed E-state index contributed by atoms with van der Waals surface area (Å²) in [6.45, 7) is 1.63. The van der Waals surface area contributed by atoms with Gasteiger partial charge in [0, 0.05) is 29.0 Å². The van der Waals surface area contributed by atoms with Gasteiger partial charge in [-0.05, 0) is 24.3 Å². The molecular formula is C19H16N2O5. The molecule has 0 saturated heterocycles. The molecule has 0 radical (unpaired) electrons. The lowest BCUT2D eigenvalue weighted by atomic mass is 9.80. The van der Waals surface area contributed by atoms with Crippen LogP contribution >= 0.6 is 0 Å². The number of ketones is 3. The van der Waals surface area contributed by atoms with Gasteiger partial charge in [-0.15, -0.1) is 0 Å². The normalized spacial score (nSPS) is 16.3. The summed E-state index contributed by atoms with van der Waals surface area (Å²) >= 11 is 0. The quantitative estimate of drug-likeness (QED) is 0.568. The van der Waals surface area contributed by atoms with Gasteiger partial charge in [0.1, 0.15) is 0 Å². The minimum absolute atomic E-state index is 0.00763. The first-order valence-electron chi connectivity index (χ1n) is 7.90. The number of hydrogen-bond acceptors (Lipinski definition) is 6. The van der Waals surface area contributed by atoms with Crippen molar-refractivity contribution in [3.05, 3.63) is 58.1 Å². The summed E-state index contributed by atoms with van der Waals surface area (Å²) in [7, 11) is 0. The van der Waals surface area contributed by atoms with Gasteiger partial charge in [-0.2, -0.15) is 0 Å². The molecule has 1 atom stereocenters. The van der Waals surface area contributed by atoms with Crippen molar-refractivity contribution in [3.8, 4) is 0 Å². The molecule has 0 bridgehead atoms. The number of carboxylic acids is 1. The highest BCUT2D eigenvalue weighted by atomic mass is 16.4. The van der Waals surface area contributed by atoms with Gasteiger partial charge in [-0.25, -0.2) is 4.79 Å². The number of rotatable bonds is 3. The molecule has 0 saturated carbocycles. The number of fused-ring (bicyclic) bond motifs is 1. The van der Waals surface area contributed by atoms with Gasteiger partial charge in [0.2, 0.25) is 0 Å². The maximum absolute atomic E-state index is 12.9. The lowest BCUT2D eigenvalue weighted by Gasteiger charge is -2.22. The monoisotopic (exact) mass is 352 g/mol. The molecule has 0 fully saturated rings. The third kappa shape index (κ3) is 2.54. The van der Waals surface area contributed by atoms with Crippen molar-refractivity contribution in [1.82, 2.24) is 0 Å². The largest absolute Gasteiger partial charge is 0.478 e. The molecule has 0 spiro atoms. The summed E-state index contributed by atoms with van der Waals surface area (Å²) in [6, 6.07) is 6.85. The molecule has 5 N–H and O–H groups in total. The molecule has 1 unspecified atom stereocenters. The summed E-state index contributed by atoms with van der Waals surface area (Å²) in [5.41, 5.74) is 11.6. The van der Waals surface area contributed by atoms with Crippen LogP contribution in [0.25, 0.3) is 0 Å². The van der Waals surface area contributed by atoms with Gasteiger partial charge in [0.15, 0.2) is 17.3 Å². The Bertz CT molecular complexity index is 994. The zero-order chi connectivity index (χ0) is 19.2. The van der Waals surface area contributed by atoms with Crippen LogP contribution in [0.3, 0.4) is 0 Å². The first-order chi connectivity index (χ1) is 12.2. The number of para-hydroxylation sites is 1. The highest BCUT2D eigenvalue weighted by Gasteiger charge is 2.33. The third-order valence-electron chi connectivity index (χ3n) is 4.56. The summed E-state index contributed by atoms with van der Waals surface area (Å²) in [5.74, 6) is -2.87. The molecule has 132 valence electrons. The van der Waals surface area contributed by atoms with E-state index in [-0.39, 0.29) is 57.2 Å². The molecule has 2 aromatic carbocycles. The van der Waals surface area contributed by atoms with Crippen LogP contribution < -0.4 is 11.5 Å². The maximum Gasteiger partial charge on any atom is 0.337 e. The van der Waals surface area contributed by atoms with Crippen LogP contribution in [-0.4, -0.2) is 28.4 Å². The molecule has 0 aromatic heterocycles. The van der Waals surface area contributed by atoms with Crippen molar-refractivity contribution in [2.75, 3.05) is 11.5 Å². The molecular weight excluding hydrogens is 336 g/mol. The fourth-order valence-corrected chi connectivity index (χ4v) is 3.14. The van der Waals surface area contributed by atoms with E-state index in [0.29, 0.717) is 0 Å². The standard InChI is InChI=1S/C19H16N2O5/c1-8-7-13(22)9-5-6-11(16(21)14(9)17(8)23)18(24)10-3-2-4-12(15(10)20)19(25)26/h2-6,8H,7,20-21H2,1H3,(H,25,26). The van der Waals surface area contributed by atoms with E-state index in [1.54, 1.807) is 6.92 Å². The fourth-order valence-electron chi connectivity index (χ4n) is 3.14. The van der Waals surface area contributed by atoms with Crippen molar-refractivity contribution in [3.63, 3.8) is 0 Å². The van der Waals surface area contributed by atoms with Gasteiger partial charge in [-0.3, -0.25) is 14.4 Å². The van der Waals surface area contributed by atoms with Gasteiger partial charge in [-0.1, -0.05) is 13.0 Å².